The standard InChI is InChI=1S/C17H14BrNO2/c1-2-20-11-4-5-12-16(8-11)21-9-14-13-7-10(18)3-6-15(13)19-17(12)14/h3-8,19H,2,9H2,1H3. The largest absolute Gasteiger partial charge is 0.494 e. The molecule has 0 unspecified atom stereocenters. The molecule has 0 amide bonds. The molecule has 2 aromatic carbocycles. The van der Waals surface area contributed by atoms with Gasteiger partial charge in [0.2, 0.25) is 0 Å². The average Bonchev–Trinajstić information content (AvgIpc) is 2.85. The van der Waals surface area contributed by atoms with E-state index in [1.165, 1.54) is 10.9 Å². The Labute approximate surface area is 131 Å². The van der Waals surface area contributed by atoms with Gasteiger partial charge in [0.15, 0.2) is 0 Å². The monoisotopic (exact) mass is 343 g/mol. The molecule has 1 N–H and O–H groups in total. The molecule has 0 fully saturated rings. The summed E-state index contributed by atoms with van der Waals surface area (Å²) in [6, 6.07) is 12.3. The molecule has 0 atom stereocenters. The average molecular weight is 344 g/mol. The van der Waals surface area contributed by atoms with Gasteiger partial charge in [-0.1, -0.05) is 15.9 Å². The Balaban J connectivity index is 1.90. The summed E-state index contributed by atoms with van der Waals surface area (Å²) in [5.74, 6) is 1.72. The van der Waals surface area contributed by atoms with Crippen molar-refractivity contribution in [2.45, 2.75) is 13.5 Å². The molecule has 0 radical (unpaired) electrons. The summed E-state index contributed by atoms with van der Waals surface area (Å²) in [6.07, 6.45) is 0. The summed E-state index contributed by atoms with van der Waals surface area (Å²) in [5, 5.41) is 1.21. The number of hydrogen-bond donors (Lipinski definition) is 1. The van der Waals surface area contributed by atoms with Gasteiger partial charge in [0, 0.05) is 32.6 Å². The van der Waals surface area contributed by atoms with E-state index in [-0.39, 0.29) is 0 Å². The number of H-pyrrole nitrogens is 1. The highest BCUT2D eigenvalue weighted by atomic mass is 79.9. The summed E-state index contributed by atoms with van der Waals surface area (Å²) in [4.78, 5) is 3.51. The van der Waals surface area contributed by atoms with Crippen LogP contribution in [0.15, 0.2) is 40.9 Å². The van der Waals surface area contributed by atoms with Gasteiger partial charge in [-0.05, 0) is 37.3 Å². The molecule has 106 valence electrons. The van der Waals surface area contributed by atoms with Crippen molar-refractivity contribution in [2.24, 2.45) is 0 Å². The molecule has 4 rings (SSSR count). The normalized spacial score (nSPS) is 12.7. The van der Waals surface area contributed by atoms with Gasteiger partial charge in [0.05, 0.1) is 12.3 Å². The van der Waals surface area contributed by atoms with E-state index >= 15 is 0 Å². The van der Waals surface area contributed by atoms with E-state index in [4.69, 9.17) is 9.47 Å². The summed E-state index contributed by atoms with van der Waals surface area (Å²) in [5.41, 5.74) is 4.58. The Morgan fingerprint density at radius 3 is 3.00 bits per heavy atom. The number of fused-ring (bicyclic) bond motifs is 5. The van der Waals surface area contributed by atoms with E-state index < -0.39 is 0 Å². The fourth-order valence-electron chi connectivity index (χ4n) is 2.83. The van der Waals surface area contributed by atoms with E-state index in [0.717, 1.165) is 32.7 Å². The van der Waals surface area contributed by atoms with Crippen molar-refractivity contribution >= 4 is 26.8 Å². The van der Waals surface area contributed by atoms with Crippen molar-refractivity contribution in [1.29, 1.82) is 0 Å². The highest BCUT2D eigenvalue weighted by molar-refractivity contribution is 9.10. The van der Waals surface area contributed by atoms with Gasteiger partial charge in [-0.3, -0.25) is 0 Å². The molecule has 21 heavy (non-hydrogen) atoms. The second kappa shape index (κ2) is 4.81. The minimum atomic E-state index is 0.578. The van der Waals surface area contributed by atoms with Crippen LogP contribution >= 0.6 is 15.9 Å². The Morgan fingerprint density at radius 1 is 1.24 bits per heavy atom. The first kappa shape index (κ1) is 12.8. The molecule has 0 bridgehead atoms. The molecule has 0 aliphatic carbocycles. The van der Waals surface area contributed by atoms with Gasteiger partial charge in [0.1, 0.15) is 18.1 Å². The lowest BCUT2D eigenvalue weighted by atomic mass is 10.0. The number of nitrogens with one attached hydrogen (secondary N) is 1. The lowest BCUT2D eigenvalue weighted by molar-refractivity contribution is 0.297. The van der Waals surface area contributed by atoms with Gasteiger partial charge in [-0.15, -0.1) is 0 Å². The van der Waals surface area contributed by atoms with E-state index in [1.807, 2.05) is 25.1 Å². The number of halogens is 1. The molecule has 0 spiro atoms. The zero-order valence-corrected chi connectivity index (χ0v) is 13.2. The summed E-state index contributed by atoms with van der Waals surface area (Å²) in [6.45, 7) is 3.22. The molecule has 1 aliphatic heterocycles. The highest BCUT2D eigenvalue weighted by Gasteiger charge is 2.22. The number of ether oxygens (including phenoxy) is 2. The van der Waals surface area contributed by atoms with Gasteiger partial charge >= 0.3 is 0 Å². The van der Waals surface area contributed by atoms with Gasteiger partial charge < -0.3 is 14.5 Å². The number of aromatic nitrogens is 1. The third kappa shape index (κ3) is 2.02. The Hall–Kier alpha value is -1.94. The molecule has 1 aliphatic rings. The van der Waals surface area contributed by atoms with E-state index in [1.54, 1.807) is 0 Å². The first-order valence-corrected chi connectivity index (χ1v) is 7.75. The Morgan fingerprint density at radius 2 is 2.14 bits per heavy atom. The predicted molar refractivity (Wildman–Crippen MR) is 86.9 cm³/mol. The minimum absolute atomic E-state index is 0.578. The highest BCUT2D eigenvalue weighted by Crippen LogP contribution is 2.42. The van der Waals surface area contributed by atoms with Crippen molar-refractivity contribution in [2.75, 3.05) is 6.61 Å². The Kier molecular flexibility index (Phi) is 2.93. The SMILES string of the molecule is CCOc1ccc2c(c1)OCc1c-2[nH]c2ccc(Br)cc12. The second-order valence-corrected chi connectivity index (χ2v) is 5.96. The molecule has 3 nitrogen and oxygen atoms in total. The zero-order chi connectivity index (χ0) is 14.4. The first-order valence-electron chi connectivity index (χ1n) is 6.96. The van der Waals surface area contributed by atoms with Crippen molar-refractivity contribution < 1.29 is 9.47 Å². The van der Waals surface area contributed by atoms with Crippen LogP contribution in [-0.2, 0) is 6.61 Å². The lowest BCUT2D eigenvalue weighted by Gasteiger charge is -2.19. The number of aromatic amines is 1. The lowest BCUT2D eigenvalue weighted by Crippen LogP contribution is -2.04. The smallest absolute Gasteiger partial charge is 0.132 e. The molecule has 0 saturated carbocycles. The predicted octanol–water partition coefficient (Wildman–Crippen LogP) is 4.89. The molecule has 4 heteroatoms. The topological polar surface area (TPSA) is 34.2 Å². The van der Waals surface area contributed by atoms with Gasteiger partial charge in [0.25, 0.3) is 0 Å². The Bertz CT molecular complexity index is 838. The summed E-state index contributed by atoms with van der Waals surface area (Å²) < 4.78 is 12.5. The van der Waals surface area contributed by atoms with Gasteiger partial charge in [-0.2, -0.15) is 0 Å². The van der Waals surface area contributed by atoms with Crippen LogP contribution in [0.4, 0.5) is 0 Å². The van der Waals surface area contributed by atoms with E-state index in [0.29, 0.717) is 13.2 Å². The van der Waals surface area contributed by atoms with Crippen LogP contribution in [0.2, 0.25) is 0 Å². The molecule has 1 aromatic heterocycles. The molecular weight excluding hydrogens is 330 g/mol. The van der Waals surface area contributed by atoms with Crippen molar-refractivity contribution in [1.82, 2.24) is 4.98 Å². The third-order valence-electron chi connectivity index (χ3n) is 3.77. The van der Waals surface area contributed by atoms with Crippen molar-refractivity contribution in [3.05, 3.63) is 46.4 Å². The zero-order valence-electron chi connectivity index (χ0n) is 11.6. The minimum Gasteiger partial charge on any atom is -0.494 e. The van der Waals surface area contributed by atoms with Crippen LogP contribution < -0.4 is 9.47 Å². The number of rotatable bonds is 2. The molecular formula is C17H14BrNO2. The number of benzene rings is 2. The van der Waals surface area contributed by atoms with E-state index in [9.17, 15) is 0 Å². The molecule has 0 saturated heterocycles. The molecule has 2 heterocycles. The number of hydrogen-bond acceptors (Lipinski definition) is 2. The molecule has 3 aromatic rings. The first-order chi connectivity index (χ1) is 10.3. The fraction of sp³-hybridized carbons (Fsp3) is 0.176. The third-order valence-corrected chi connectivity index (χ3v) is 4.27. The fourth-order valence-corrected chi connectivity index (χ4v) is 3.20. The maximum absolute atomic E-state index is 5.93. The maximum Gasteiger partial charge on any atom is 0.132 e. The van der Waals surface area contributed by atoms with Crippen LogP contribution in [0.1, 0.15) is 12.5 Å². The van der Waals surface area contributed by atoms with Gasteiger partial charge in [-0.25, -0.2) is 0 Å². The van der Waals surface area contributed by atoms with Crippen LogP contribution in [0.25, 0.3) is 22.2 Å². The van der Waals surface area contributed by atoms with Crippen LogP contribution in [0.5, 0.6) is 11.5 Å². The second-order valence-electron chi connectivity index (χ2n) is 5.05. The van der Waals surface area contributed by atoms with Crippen LogP contribution in [0.3, 0.4) is 0 Å². The summed E-state index contributed by atoms with van der Waals surface area (Å²) >= 11 is 3.53. The van der Waals surface area contributed by atoms with Crippen LogP contribution in [0, 0.1) is 0 Å². The van der Waals surface area contributed by atoms with Crippen molar-refractivity contribution in [3.8, 4) is 22.8 Å². The van der Waals surface area contributed by atoms with Crippen molar-refractivity contribution in [3.63, 3.8) is 0 Å². The summed E-state index contributed by atoms with van der Waals surface area (Å²) in [7, 11) is 0. The quantitative estimate of drug-likeness (QED) is 0.718. The van der Waals surface area contributed by atoms with E-state index in [2.05, 4.69) is 39.1 Å². The maximum atomic E-state index is 5.93. The van der Waals surface area contributed by atoms with Crippen LogP contribution in [-0.4, -0.2) is 11.6 Å².